The number of fused-ring (bicyclic) bond motifs is 2. The summed E-state index contributed by atoms with van der Waals surface area (Å²) in [6.45, 7) is 0.478. The van der Waals surface area contributed by atoms with Gasteiger partial charge in [-0.1, -0.05) is 54.1 Å². The molecule has 1 aliphatic heterocycles. The fourth-order valence-electron chi connectivity index (χ4n) is 4.66. The number of nitrogens with one attached hydrogen (secondary N) is 1. The Bertz CT molecular complexity index is 1680. The molecule has 0 unspecified atom stereocenters. The topological polar surface area (TPSA) is 84.4 Å². The molecule has 7 nitrogen and oxygen atoms in total. The van der Waals surface area contributed by atoms with Crippen LogP contribution in [0.25, 0.3) is 22.0 Å². The molecule has 5 aromatic rings. The minimum Gasteiger partial charge on any atom is -0.497 e. The summed E-state index contributed by atoms with van der Waals surface area (Å²) >= 11 is 6.09. The monoisotopic (exact) mass is 534 g/mol. The first-order chi connectivity index (χ1) is 19.0. The number of carbonyl (C=O) groups is 2. The number of hydrogen-bond acceptors (Lipinski definition) is 6. The van der Waals surface area contributed by atoms with Crippen molar-refractivity contribution >= 4 is 40.1 Å². The lowest BCUT2D eigenvalue weighted by atomic mass is 10.0. The minimum absolute atomic E-state index is 0.0293. The molecular formula is C31H23ClN4O3. The van der Waals surface area contributed by atoms with Crippen molar-refractivity contribution in [3.63, 3.8) is 0 Å². The Morgan fingerprint density at radius 3 is 2.15 bits per heavy atom. The van der Waals surface area contributed by atoms with E-state index in [1.54, 1.807) is 31.4 Å². The van der Waals surface area contributed by atoms with Crippen molar-refractivity contribution in [2.24, 2.45) is 0 Å². The van der Waals surface area contributed by atoms with Gasteiger partial charge in [-0.2, -0.15) is 0 Å². The summed E-state index contributed by atoms with van der Waals surface area (Å²) in [7, 11) is 1.63. The highest BCUT2D eigenvalue weighted by atomic mass is 35.5. The van der Waals surface area contributed by atoms with E-state index in [1.807, 2.05) is 66.7 Å². The van der Waals surface area contributed by atoms with Gasteiger partial charge in [0.15, 0.2) is 5.82 Å². The van der Waals surface area contributed by atoms with E-state index in [9.17, 15) is 9.59 Å². The number of hydrogen-bond donors (Lipinski definition) is 1. The van der Waals surface area contributed by atoms with Crippen molar-refractivity contribution in [3.05, 3.63) is 119 Å². The van der Waals surface area contributed by atoms with Gasteiger partial charge >= 0.3 is 0 Å². The number of benzene rings is 4. The lowest BCUT2D eigenvalue weighted by Crippen LogP contribution is -2.30. The Kier molecular flexibility index (Phi) is 6.42. The van der Waals surface area contributed by atoms with Crippen LogP contribution in [0.5, 0.6) is 5.75 Å². The molecule has 0 aliphatic carbocycles. The van der Waals surface area contributed by atoms with Crippen molar-refractivity contribution in [1.29, 1.82) is 0 Å². The average molecular weight is 535 g/mol. The summed E-state index contributed by atoms with van der Waals surface area (Å²) in [5.74, 6) is 1.07. The number of carbonyl (C=O) groups excluding carboxylic acids is 2. The zero-order valence-corrected chi connectivity index (χ0v) is 21.8. The molecule has 8 heteroatoms. The smallest absolute Gasteiger partial charge is 0.261 e. The molecule has 0 atom stereocenters. The van der Waals surface area contributed by atoms with Gasteiger partial charge in [-0.3, -0.25) is 14.5 Å². The lowest BCUT2D eigenvalue weighted by Gasteiger charge is -2.16. The van der Waals surface area contributed by atoms with E-state index in [2.05, 4.69) is 5.32 Å². The summed E-state index contributed by atoms with van der Waals surface area (Å²) in [6.07, 6.45) is 0. The SMILES string of the molecule is COc1ccc(CNc2nc(CN3C(=O)c4ccccc4C3=O)nc3ccc(-c4ccc(Cl)cc4)cc23)cc1. The van der Waals surface area contributed by atoms with Crippen LogP contribution in [0.15, 0.2) is 91.0 Å². The number of halogens is 1. The van der Waals surface area contributed by atoms with E-state index < -0.39 is 0 Å². The molecule has 1 aliphatic rings. The minimum atomic E-state index is -0.342. The molecule has 6 rings (SSSR count). The Labute approximate surface area is 230 Å². The van der Waals surface area contributed by atoms with E-state index in [-0.39, 0.29) is 18.4 Å². The first kappa shape index (κ1) is 24.6. The second kappa shape index (κ2) is 10.2. The third-order valence-corrected chi connectivity index (χ3v) is 6.97. The molecule has 4 aromatic carbocycles. The second-order valence-electron chi connectivity index (χ2n) is 9.17. The molecule has 0 fully saturated rings. The maximum atomic E-state index is 13.0. The maximum absolute atomic E-state index is 13.0. The normalized spacial score (nSPS) is 12.6. The molecule has 2 heterocycles. The van der Waals surface area contributed by atoms with E-state index in [0.717, 1.165) is 27.8 Å². The highest BCUT2D eigenvalue weighted by Gasteiger charge is 2.35. The highest BCUT2D eigenvalue weighted by molar-refractivity contribution is 6.30. The standard InChI is InChI=1S/C31H23ClN4O3/c1-39-23-13-6-19(7-14-23)17-33-29-26-16-21(20-8-11-22(32)12-9-20)10-15-27(26)34-28(35-29)18-36-30(37)24-4-2-3-5-25(24)31(36)38/h2-16H,17-18H2,1H3,(H,33,34,35). The van der Waals surface area contributed by atoms with Crippen LogP contribution in [0.1, 0.15) is 32.1 Å². The number of rotatable bonds is 7. The van der Waals surface area contributed by atoms with Crippen LogP contribution in [0.2, 0.25) is 5.02 Å². The number of methoxy groups -OCH3 is 1. The van der Waals surface area contributed by atoms with Crippen LogP contribution in [0, 0.1) is 0 Å². The van der Waals surface area contributed by atoms with Gasteiger partial charge in [-0.05, 0) is 65.2 Å². The predicted molar refractivity (Wildman–Crippen MR) is 151 cm³/mol. The largest absolute Gasteiger partial charge is 0.497 e. The van der Waals surface area contributed by atoms with Gasteiger partial charge in [0.2, 0.25) is 0 Å². The number of imide groups is 1. The third kappa shape index (κ3) is 4.80. The predicted octanol–water partition coefficient (Wildman–Crippen LogP) is 6.37. The number of anilines is 1. The van der Waals surface area contributed by atoms with Gasteiger partial charge in [0.25, 0.3) is 11.8 Å². The van der Waals surface area contributed by atoms with E-state index in [0.29, 0.717) is 39.9 Å². The van der Waals surface area contributed by atoms with Crippen molar-refractivity contribution in [3.8, 4) is 16.9 Å². The van der Waals surface area contributed by atoms with Crippen LogP contribution in [-0.4, -0.2) is 33.8 Å². The first-order valence-electron chi connectivity index (χ1n) is 12.4. The zero-order chi connectivity index (χ0) is 26.9. The zero-order valence-electron chi connectivity index (χ0n) is 21.0. The summed E-state index contributed by atoms with van der Waals surface area (Å²) in [5, 5.41) is 4.92. The molecule has 0 bridgehead atoms. The quantitative estimate of drug-likeness (QED) is 0.244. The van der Waals surface area contributed by atoms with Gasteiger partial charge in [-0.15, -0.1) is 0 Å². The number of nitrogens with zero attached hydrogens (tertiary/aromatic N) is 3. The Hall–Kier alpha value is -4.75. The molecule has 39 heavy (non-hydrogen) atoms. The van der Waals surface area contributed by atoms with Crippen LogP contribution >= 0.6 is 11.6 Å². The van der Waals surface area contributed by atoms with E-state index >= 15 is 0 Å². The average Bonchev–Trinajstić information content (AvgIpc) is 3.21. The van der Waals surface area contributed by atoms with Gasteiger partial charge in [0.1, 0.15) is 11.6 Å². The van der Waals surface area contributed by atoms with E-state index in [4.69, 9.17) is 26.3 Å². The first-order valence-corrected chi connectivity index (χ1v) is 12.8. The molecular weight excluding hydrogens is 512 g/mol. The second-order valence-corrected chi connectivity index (χ2v) is 9.61. The van der Waals surface area contributed by atoms with Crippen molar-refractivity contribution in [2.45, 2.75) is 13.1 Å². The summed E-state index contributed by atoms with van der Waals surface area (Å²) in [6, 6.07) is 28.2. The fourth-order valence-corrected chi connectivity index (χ4v) is 4.78. The molecule has 0 spiro atoms. The highest BCUT2D eigenvalue weighted by Crippen LogP contribution is 2.30. The van der Waals surface area contributed by atoms with Gasteiger partial charge in [0.05, 0.1) is 30.3 Å². The summed E-state index contributed by atoms with van der Waals surface area (Å²) in [5.41, 5.74) is 4.54. The molecule has 0 radical (unpaired) electrons. The van der Waals surface area contributed by atoms with Crippen LogP contribution < -0.4 is 10.1 Å². The van der Waals surface area contributed by atoms with Crippen molar-refractivity contribution < 1.29 is 14.3 Å². The van der Waals surface area contributed by atoms with E-state index in [1.165, 1.54) is 4.90 Å². The Morgan fingerprint density at radius 1 is 0.821 bits per heavy atom. The molecule has 192 valence electrons. The number of aromatic nitrogens is 2. The fraction of sp³-hybridized carbons (Fsp3) is 0.0968. The van der Waals surface area contributed by atoms with Gasteiger partial charge in [-0.25, -0.2) is 9.97 Å². The summed E-state index contributed by atoms with van der Waals surface area (Å²) in [4.78, 5) is 36.6. The molecule has 0 saturated carbocycles. The van der Waals surface area contributed by atoms with Crippen molar-refractivity contribution in [2.75, 3.05) is 12.4 Å². The number of amides is 2. The van der Waals surface area contributed by atoms with Crippen LogP contribution in [0.3, 0.4) is 0 Å². The molecule has 1 aromatic heterocycles. The van der Waals surface area contributed by atoms with Crippen LogP contribution in [0.4, 0.5) is 5.82 Å². The summed E-state index contributed by atoms with van der Waals surface area (Å²) < 4.78 is 5.26. The Balaban J connectivity index is 1.37. The molecule has 0 saturated heterocycles. The molecule has 2 amide bonds. The van der Waals surface area contributed by atoms with Crippen molar-refractivity contribution in [1.82, 2.24) is 14.9 Å². The van der Waals surface area contributed by atoms with Gasteiger partial charge in [0, 0.05) is 17.0 Å². The number of ether oxygens (including phenoxy) is 1. The lowest BCUT2D eigenvalue weighted by molar-refractivity contribution is 0.0638. The van der Waals surface area contributed by atoms with Gasteiger partial charge < -0.3 is 10.1 Å². The Morgan fingerprint density at radius 2 is 1.49 bits per heavy atom. The van der Waals surface area contributed by atoms with Crippen LogP contribution in [-0.2, 0) is 13.1 Å². The maximum Gasteiger partial charge on any atom is 0.261 e. The third-order valence-electron chi connectivity index (χ3n) is 6.72. The molecule has 1 N–H and O–H groups in total.